The van der Waals surface area contributed by atoms with E-state index in [1.165, 1.54) is 0 Å². The van der Waals surface area contributed by atoms with Gasteiger partial charge >= 0.3 is 0 Å². The molecule has 1 heterocycles. The molecule has 0 fully saturated rings. The maximum Gasteiger partial charge on any atom is 0.150 e. The number of nitrogens with zero attached hydrogens (tertiary/aromatic N) is 3. The zero-order valence-corrected chi connectivity index (χ0v) is 10.4. The van der Waals surface area contributed by atoms with E-state index >= 15 is 0 Å². The first-order chi connectivity index (χ1) is 6.99. The van der Waals surface area contributed by atoms with Crippen LogP contribution in [-0.4, -0.2) is 23.4 Å². The highest BCUT2D eigenvalue weighted by molar-refractivity contribution is 5.66. The van der Waals surface area contributed by atoms with Crippen LogP contribution in [0, 0.1) is 6.92 Å². The topological polar surface area (TPSA) is 47.1 Å². The van der Waals surface area contributed by atoms with Crippen LogP contribution in [0.1, 0.15) is 38.9 Å². The van der Waals surface area contributed by atoms with Gasteiger partial charge in [-0.1, -0.05) is 6.92 Å². The lowest BCUT2D eigenvalue weighted by Gasteiger charge is -2.22. The van der Waals surface area contributed by atoms with Gasteiger partial charge < -0.3 is 10.6 Å². The van der Waals surface area contributed by atoms with Crippen molar-refractivity contribution in [3.05, 3.63) is 5.69 Å². The highest BCUT2D eigenvalue weighted by Gasteiger charge is 2.17. The molecule has 0 saturated heterocycles. The first-order valence-corrected chi connectivity index (χ1v) is 5.54. The van der Waals surface area contributed by atoms with Gasteiger partial charge in [0.25, 0.3) is 0 Å². The van der Waals surface area contributed by atoms with Crippen LogP contribution in [-0.2, 0) is 0 Å². The summed E-state index contributed by atoms with van der Waals surface area (Å²) in [7, 11) is 2.06. The largest absolute Gasteiger partial charge is 0.394 e. The number of anilines is 2. The quantitative estimate of drug-likeness (QED) is 0.828. The Kier molecular flexibility index (Phi) is 3.61. The van der Waals surface area contributed by atoms with Crippen molar-refractivity contribution in [2.24, 2.45) is 0 Å². The van der Waals surface area contributed by atoms with Crippen molar-refractivity contribution in [2.75, 3.05) is 24.2 Å². The van der Waals surface area contributed by atoms with Crippen molar-refractivity contribution in [1.82, 2.24) is 9.78 Å². The number of aromatic nitrogens is 2. The maximum absolute atomic E-state index is 6.05. The average Bonchev–Trinajstić information content (AvgIpc) is 2.44. The molecule has 1 aromatic heterocycles. The van der Waals surface area contributed by atoms with Crippen molar-refractivity contribution < 1.29 is 0 Å². The number of hydrogen-bond acceptors (Lipinski definition) is 3. The molecule has 1 rings (SSSR count). The Morgan fingerprint density at radius 2 is 2.07 bits per heavy atom. The van der Waals surface area contributed by atoms with Crippen molar-refractivity contribution in [3.63, 3.8) is 0 Å². The molecule has 0 spiro atoms. The SMILES string of the molecule is CCCN(C)c1c(N)c(C)nn1C(C)C. The van der Waals surface area contributed by atoms with Crippen LogP contribution in [0.5, 0.6) is 0 Å². The van der Waals surface area contributed by atoms with Crippen molar-refractivity contribution in [2.45, 2.75) is 40.2 Å². The van der Waals surface area contributed by atoms with E-state index in [-0.39, 0.29) is 0 Å². The van der Waals surface area contributed by atoms with Crippen LogP contribution >= 0.6 is 0 Å². The van der Waals surface area contributed by atoms with Gasteiger partial charge in [-0.15, -0.1) is 0 Å². The Morgan fingerprint density at radius 3 is 2.53 bits per heavy atom. The summed E-state index contributed by atoms with van der Waals surface area (Å²) in [4.78, 5) is 2.18. The fraction of sp³-hybridized carbons (Fsp3) is 0.727. The van der Waals surface area contributed by atoms with Gasteiger partial charge in [-0.05, 0) is 27.2 Å². The number of nitrogen functional groups attached to an aromatic ring is 1. The van der Waals surface area contributed by atoms with Crippen LogP contribution in [0.25, 0.3) is 0 Å². The molecule has 0 atom stereocenters. The van der Waals surface area contributed by atoms with Gasteiger partial charge in [-0.3, -0.25) is 0 Å². The van der Waals surface area contributed by atoms with Crippen molar-refractivity contribution in [1.29, 1.82) is 0 Å². The Hall–Kier alpha value is -1.19. The van der Waals surface area contributed by atoms with E-state index in [9.17, 15) is 0 Å². The van der Waals surface area contributed by atoms with Crippen LogP contribution in [0.15, 0.2) is 0 Å². The normalized spacial score (nSPS) is 11.1. The minimum Gasteiger partial charge on any atom is -0.394 e. The standard InChI is InChI=1S/C11H22N4/c1-6-7-14(5)11-10(12)9(4)13-15(11)8(2)3/h8H,6-7,12H2,1-5H3. The van der Waals surface area contributed by atoms with E-state index in [1.54, 1.807) is 0 Å². The number of hydrogen-bond donors (Lipinski definition) is 1. The first kappa shape index (κ1) is 11.9. The van der Waals surface area contributed by atoms with Crippen LogP contribution in [0.3, 0.4) is 0 Å². The van der Waals surface area contributed by atoms with E-state index in [0.29, 0.717) is 6.04 Å². The number of rotatable bonds is 4. The lowest BCUT2D eigenvalue weighted by atomic mass is 10.3. The fourth-order valence-electron chi connectivity index (χ4n) is 1.73. The van der Waals surface area contributed by atoms with Gasteiger partial charge in [-0.25, -0.2) is 4.68 Å². The molecule has 0 aliphatic rings. The predicted octanol–water partition coefficient (Wildman–Crippen LogP) is 2.20. The lowest BCUT2D eigenvalue weighted by molar-refractivity contribution is 0.525. The molecule has 0 radical (unpaired) electrons. The summed E-state index contributed by atoms with van der Waals surface area (Å²) in [5.74, 6) is 1.05. The molecule has 2 N–H and O–H groups in total. The maximum atomic E-state index is 6.05. The van der Waals surface area contributed by atoms with Gasteiger partial charge in [0.05, 0.1) is 11.4 Å². The predicted molar refractivity (Wildman–Crippen MR) is 65.3 cm³/mol. The molecule has 0 unspecified atom stereocenters. The summed E-state index contributed by atoms with van der Waals surface area (Å²) >= 11 is 0. The summed E-state index contributed by atoms with van der Waals surface area (Å²) in [6.45, 7) is 9.36. The second kappa shape index (κ2) is 4.55. The molecule has 4 nitrogen and oxygen atoms in total. The zero-order chi connectivity index (χ0) is 11.6. The van der Waals surface area contributed by atoms with E-state index in [1.807, 2.05) is 11.6 Å². The highest BCUT2D eigenvalue weighted by atomic mass is 15.4. The van der Waals surface area contributed by atoms with E-state index in [0.717, 1.165) is 30.2 Å². The van der Waals surface area contributed by atoms with E-state index < -0.39 is 0 Å². The smallest absolute Gasteiger partial charge is 0.150 e. The molecule has 15 heavy (non-hydrogen) atoms. The third-order valence-corrected chi connectivity index (χ3v) is 2.52. The second-order valence-electron chi connectivity index (χ2n) is 4.28. The highest BCUT2D eigenvalue weighted by Crippen LogP contribution is 2.28. The summed E-state index contributed by atoms with van der Waals surface area (Å²) in [5, 5.41) is 4.46. The zero-order valence-electron chi connectivity index (χ0n) is 10.4. The Bertz CT molecular complexity index is 328. The summed E-state index contributed by atoms with van der Waals surface area (Å²) in [5.41, 5.74) is 7.77. The minimum atomic E-state index is 0.343. The van der Waals surface area contributed by atoms with Crippen molar-refractivity contribution >= 4 is 11.5 Å². The van der Waals surface area contributed by atoms with Gasteiger partial charge in [0.1, 0.15) is 0 Å². The third-order valence-electron chi connectivity index (χ3n) is 2.52. The molecule has 0 aliphatic heterocycles. The Morgan fingerprint density at radius 1 is 1.47 bits per heavy atom. The van der Waals surface area contributed by atoms with Crippen LogP contribution in [0.2, 0.25) is 0 Å². The number of aryl methyl sites for hydroxylation is 1. The van der Waals surface area contributed by atoms with Gasteiger partial charge in [-0.2, -0.15) is 5.10 Å². The third kappa shape index (κ3) is 2.25. The van der Waals surface area contributed by atoms with Gasteiger partial charge in [0, 0.05) is 19.6 Å². The van der Waals surface area contributed by atoms with E-state index in [4.69, 9.17) is 5.73 Å². The lowest BCUT2D eigenvalue weighted by Crippen LogP contribution is -2.23. The van der Waals surface area contributed by atoms with Crippen LogP contribution in [0.4, 0.5) is 11.5 Å². The molecule has 86 valence electrons. The average molecular weight is 210 g/mol. The summed E-state index contributed by atoms with van der Waals surface area (Å²) in [6, 6.07) is 0.343. The van der Waals surface area contributed by atoms with Crippen LogP contribution < -0.4 is 10.6 Å². The van der Waals surface area contributed by atoms with Crippen molar-refractivity contribution in [3.8, 4) is 0 Å². The molecule has 0 saturated carbocycles. The fourth-order valence-corrected chi connectivity index (χ4v) is 1.73. The molecule has 0 amide bonds. The molecule has 0 bridgehead atoms. The van der Waals surface area contributed by atoms with Gasteiger partial charge in [0.15, 0.2) is 5.82 Å². The summed E-state index contributed by atoms with van der Waals surface area (Å²) < 4.78 is 2.00. The molecular weight excluding hydrogens is 188 g/mol. The molecule has 0 aliphatic carbocycles. The Balaban J connectivity index is 3.12. The number of nitrogens with two attached hydrogens (primary N) is 1. The monoisotopic (exact) mass is 210 g/mol. The molecule has 1 aromatic rings. The minimum absolute atomic E-state index is 0.343. The molecule has 0 aromatic carbocycles. The second-order valence-corrected chi connectivity index (χ2v) is 4.28. The molecule has 4 heteroatoms. The Labute approximate surface area is 92.1 Å². The van der Waals surface area contributed by atoms with Gasteiger partial charge in [0.2, 0.25) is 0 Å². The summed E-state index contributed by atoms with van der Waals surface area (Å²) in [6.07, 6.45) is 1.11. The first-order valence-electron chi connectivity index (χ1n) is 5.54. The van der Waals surface area contributed by atoms with E-state index in [2.05, 4.69) is 37.8 Å². The molecular formula is C11H22N4.